The number of carbonyl (C=O) groups is 1. The molecule has 3 rings (SSSR count). The van der Waals surface area contributed by atoms with Crippen LogP contribution in [0.2, 0.25) is 0 Å². The predicted molar refractivity (Wildman–Crippen MR) is 87.7 cm³/mol. The molecule has 0 aromatic carbocycles. The third kappa shape index (κ3) is 3.96. The highest BCUT2D eigenvalue weighted by Gasteiger charge is 2.31. The van der Waals surface area contributed by atoms with Gasteiger partial charge in [-0.25, -0.2) is 0 Å². The fourth-order valence-corrected chi connectivity index (χ4v) is 3.49. The Labute approximate surface area is 142 Å². The van der Waals surface area contributed by atoms with Crippen molar-refractivity contribution in [3.8, 4) is 0 Å². The molecule has 1 amide bonds. The number of morpholine rings is 1. The number of carbonyl (C=O) groups excluding carboxylic acids is 1. The molecule has 2 fully saturated rings. The van der Waals surface area contributed by atoms with Gasteiger partial charge in [-0.05, 0) is 26.7 Å². The summed E-state index contributed by atoms with van der Waals surface area (Å²) < 4.78 is 16.8. The second-order valence-electron chi connectivity index (χ2n) is 6.46. The molecule has 0 bridgehead atoms. The van der Waals surface area contributed by atoms with Gasteiger partial charge in [-0.1, -0.05) is 0 Å². The van der Waals surface area contributed by atoms with Crippen molar-refractivity contribution in [2.45, 2.75) is 45.3 Å². The van der Waals surface area contributed by atoms with Crippen LogP contribution in [0.5, 0.6) is 0 Å². The Morgan fingerprint density at radius 1 is 1.29 bits per heavy atom. The standard InChI is InChI=1S/C17H27N3O4/c1-12-17(13(2)19-18-12)15-11-23-10-6-20(15)16(21)5-9-24-14-3-7-22-8-4-14/h14-15H,3-11H2,1-2H3,(H,18,19). The van der Waals surface area contributed by atoms with Crippen LogP contribution in [0.4, 0.5) is 0 Å². The molecule has 1 atom stereocenters. The molecule has 2 aliphatic heterocycles. The highest BCUT2D eigenvalue weighted by Crippen LogP contribution is 2.28. The zero-order chi connectivity index (χ0) is 16.9. The van der Waals surface area contributed by atoms with Crippen molar-refractivity contribution in [3.05, 3.63) is 17.0 Å². The van der Waals surface area contributed by atoms with Crippen LogP contribution in [-0.2, 0) is 19.0 Å². The number of aromatic amines is 1. The van der Waals surface area contributed by atoms with Crippen molar-refractivity contribution in [3.63, 3.8) is 0 Å². The van der Waals surface area contributed by atoms with Crippen LogP contribution in [-0.4, -0.2) is 66.7 Å². The lowest BCUT2D eigenvalue weighted by Gasteiger charge is -2.36. The molecule has 1 unspecified atom stereocenters. The summed E-state index contributed by atoms with van der Waals surface area (Å²) in [4.78, 5) is 14.6. The van der Waals surface area contributed by atoms with Gasteiger partial charge >= 0.3 is 0 Å². The number of amides is 1. The van der Waals surface area contributed by atoms with Gasteiger partial charge in [0.1, 0.15) is 0 Å². The number of ether oxygens (including phenoxy) is 3. The van der Waals surface area contributed by atoms with E-state index in [1.165, 1.54) is 0 Å². The van der Waals surface area contributed by atoms with Gasteiger partial charge < -0.3 is 19.1 Å². The highest BCUT2D eigenvalue weighted by atomic mass is 16.5. The Balaban J connectivity index is 1.57. The molecule has 3 heterocycles. The minimum atomic E-state index is -0.0620. The van der Waals surface area contributed by atoms with Crippen LogP contribution in [0.3, 0.4) is 0 Å². The Hall–Kier alpha value is -1.44. The summed E-state index contributed by atoms with van der Waals surface area (Å²) in [5.74, 6) is 0.121. The van der Waals surface area contributed by atoms with Crippen LogP contribution < -0.4 is 0 Å². The first-order valence-electron chi connectivity index (χ1n) is 8.75. The number of nitrogens with one attached hydrogen (secondary N) is 1. The molecule has 1 aromatic heterocycles. The Bertz CT molecular complexity index is 535. The van der Waals surface area contributed by atoms with E-state index in [2.05, 4.69) is 10.2 Å². The van der Waals surface area contributed by atoms with E-state index in [0.717, 1.165) is 43.0 Å². The first-order chi connectivity index (χ1) is 11.7. The van der Waals surface area contributed by atoms with Gasteiger partial charge in [-0.2, -0.15) is 5.10 Å². The van der Waals surface area contributed by atoms with E-state index in [0.29, 0.717) is 32.8 Å². The number of aryl methyl sites for hydroxylation is 2. The minimum Gasteiger partial charge on any atom is -0.381 e. The van der Waals surface area contributed by atoms with Crippen molar-refractivity contribution in [2.24, 2.45) is 0 Å². The van der Waals surface area contributed by atoms with E-state index in [1.807, 2.05) is 18.7 Å². The van der Waals surface area contributed by atoms with E-state index in [1.54, 1.807) is 0 Å². The van der Waals surface area contributed by atoms with E-state index < -0.39 is 0 Å². The Morgan fingerprint density at radius 2 is 2.08 bits per heavy atom. The van der Waals surface area contributed by atoms with Crippen LogP contribution in [0, 0.1) is 13.8 Å². The van der Waals surface area contributed by atoms with Crippen molar-refractivity contribution < 1.29 is 19.0 Å². The van der Waals surface area contributed by atoms with Crippen LogP contribution in [0.25, 0.3) is 0 Å². The number of hydrogen-bond acceptors (Lipinski definition) is 5. The van der Waals surface area contributed by atoms with Gasteiger partial charge in [0.15, 0.2) is 0 Å². The summed E-state index contributed by atoms with van der Waals surface area (Å²) in [5, 5.41) is 7.25. The summed E-state index contributed by atoms with van der Waals surface area (Å²) in [6, 6.07) is -0.0620. The lowest BCUT2D eigenvalue weighted by molar-refractivity contribution is -0.142. The third-order valence-corrected chi connectivity index (χ3v) is 4.80. The van der Waals surface area contributed by atoms with E-state index >= 15 is 0 Å². The van der Waals surface area contributed by atoms with Crippen LogP contribution in [0.15, 0.2) is 0 Å². The Morgan fingerprint density at radius 3 is 2.79 bits per heavy atom. The second kappa shape index (κ2) is 8.09. The number of H-pyrrole nitrogens is 1. The average molecular weight is 337 g/mol. The zero-order valence-electron chi connectivity index (χ0n) is 14.5. The number of hydrogen-bond donors (Lipinski definition) is 1. The molecule has 1 N–H and O–H groups in total. The van der Waals surface area contributed by atoms with E-state index in [4.69, 9.17) is 14.2 Å². The van der Waals surface area contributed by atoms with Gasteiger partial charge in [0, 0.05) is 31.0 Å². The molecule has 7 heteroatoms. The van der Waals surface area contributed by atoms with Gasteiger partial charge in [-0.15, -0.1) is 0 Å². The molecule has 1 aromatic rings. The molecule has 2 aliphatic rings. The second-order valence-corrected chi connectivity index (χ2v) is 6.46. The maximum Gasteiger partial charge on any atom is 0.225 e. The zero-order valence-corrected chi connectivity index (χ0v) is 14.5. The monoisotopic (exact) mass is 337 g/mol. The summed E-state index contributed by atoms with van der Waals surface area (Å²) in [6.07, 6.45) is 2.47. The average Bonchev–Trinajstić information content (AvgIpc) is 2.94. The van der Waals surface area contributed by atoms with Crippen molar-refractivity contribution in [1.82, 2.24) is 15.1 Å². The smallest absolute Gasteiger partial charge is 0.225 e. The van der Waals surface area contributed by atoms with Crippen molar-refractivity contribution >= 4 is 5.91 Å². The fourth-order valence-electron chi connectivity index (χ4n) is 3.49. The van der Waals surface area contributed by atoms with Gasteiger partial charge in [-0.3, -0.25) is 9.89 Å². The summed E-state index contributed by atoms with van der Waals surface area (Å²) >= 11 is 0. The maximum atomic E-state index is 12.7. The molecular formula is C17H27N3O4. The summed E-state index contributed by atoms with van der Waals surface area (Å²) in [7, 11) is 0. The quantitative estimate of drug-likeness (QED) is 0.881. The van der Waals surface area contributed by atoms with Gasteiger partial charge in [0.2, 0.25) is 5.91 Å². The first-order valence-corrected chi connectivity index (χ1v) is 8.75. The first kappa shape index (κ1) is 17.4. The van der Waals surface area contributed by atoms with E-state index in [-0.39, 0.29) is 18.1 Å². The van der Waals surface area contributed by atoms with Crippen molar-refractivity contribution in [2.75, 3.05) is 39.6 Å². The topological polar surface area (TPSA) is 76.7 Å². The Kier molecular flexibility index (Phi) is 5.86. The molecule has 2 saturated heterocycles. The summed E-state index contributed by atoms with van der Waals surface area (Å²) in [6.45, 7) is 7.64. The molecule has 0 saturated carbocycles. The number of rotatable bonds is 5. The number of nitrogens with zero attached hydrogens (tertiary/aromatic N) is 2. The molecular weight excluding hydrogens is 310 g/mol. The maximum absolute atomic E-state index is 12.7. The summed E-state index contributed by atoms with van der Waals surface area (Å²) in [5.41, 5.74) is 3.01. The predicted octanol–water partition coefficient (Wildman–Crippen LogP) is 1.51. The van der Waals surface area contributed by atoms with Crippen LogP contribution in [0.1, 0.15) is 42.3 Å². The molecule has 24 heavy (non-hydrogen) atoms. The molecule has 0 aliphatic carbocycles. The van der Waals surface area contributed by atoms with Gasteiger partial charge in [0.05, 0.1) is 44.1 Å². The largest absolute Gasteiger partial charge is 0.381 e. The highest BCUT2D eigenvalue weighted by molar-refractivity contribution is 5.77. The number of aromatic nitrogens is 2. The molecule has 0 spiro atoms. The SMILES string of the molecule is Cc1n[nH]c(C)c1C1COCCN1C(=O)CCOC1CCOCC1. The normalized spacial score (nSPS) is 22.8. The fraction of sp³-hybridized carbons (Fsp3) is 0.765. The lowest BCUT2D eigenvalue weighted by atomic mass is 10.0. The molecule has 0 radical (unpaired) electrons. The minimum absolute atomic E-state index is 0.0620. The molecule has 7 nitrogen and oxygen atoms in total. The third-order valence-electron chi connectivity index (χ3n) is 4.80. The van der Waals surface area contributed by atoms with Gasteiger partial charge in [0.25, 0.3) is 0 Å². The van der Waals surface area contributed by atoms with Crippen molar-refractivity contribution in [1.29, 1.82) is 0 Å². The van der Waals surface area contributed by atoms with Crippen LogP contribution >= 0.6 is 0 Å². The lowest BCUT2D eigenvalue weighted by Crippen LogP contribution is -2.44. The van der Waals surface area contributed by atoms with E-state index in [9.17, 15) is 4.79 Å². The molecule has 134 valence electrons.